The van der Waals surface area contributed by atoms with Crippen LogP contribution in [-0.2, 0) is 28.0 Å². The molecule has 4 heteroatoms. The lowest BCUT2D eigenvalue weighted by Gasteiger charge is -2.46. The second-order valence-corrected chi connectivity index (χ2v) is 9.45. The second kappa shape index (κ2) is 8.27. The minimum absolute atomic E-state index is 0.169. The van der Waals surface area contributed by atoms with Crippen LogP contribution in [0.25, 0.3) is 10.4 Å². The zero-order valence-electron chi connectivity index (χ0n) is 17.8. The van der Waals surface area contributed by atoms with Crippen molar-refractivity contribution < 1.29 is 9.47 Å². The molecule has 0 radical (unpaired) electrons. The Bertz CT molecular complexity index is 988. The minimum Gasteiger partial charge on any atom is -0.355 e. The second-order valence-electron chi connectivity index (χ2n) is 8.57. The quantitative estimate of drug-likeness (QED) is 0.537. The number of rotatable bonds is 4. The van der Waals surface area contributed by atoms with E-state index in [2.05, 4.69) is 71.8 Å². The van der Waals surface area contributed by atoms with E-state index in [4.69, 9.17) is 9.47 Å². The Kier molecular flexibility index (Phi) is 5.50. The summed E-state index contributed by atoms with van der Waals surface area (Å²) in [6.07, 6.45) is 2.68. The number of hydrogen-bond acceptors (Lipinski definition) is 4. The summed E-state index contributed by atoms with van der Waals surface area (Å²) >= 11 is 1.86. The summed E-state index contributed by atoms with van der Waals surface area (Å²) in [4.78, 5) is 3.93. The molecule has 1 unspecified atom stereocenters. The summed E-state index contributed by atoms with van der Waals surface area (Å²) in [6, 6.07) is 19.6. The van der Waals surface area contributed by atoms with Crippen molar-refractivity contribution >= 4 is 11.3 Å². The first-order chi connectivity index (χ1) is 14.7. The van der Waals surface area contributed by atoms with Crippen LogP contribution in [0.1, 0.15) is 35.1 Å². The van der Waals surface area contributed by atoms with Crippen LogP contribution in [-0.4, -0.2) is 31.4 Å². The zero-order chi connectivity index (χ0) is 20.6. The minimum atomic E-state index is -0.221. The molecule has 1 spiro atoms. The van der Waals surface area contributed by atoms with Crippen molar-refractivity contribution in [2.45, 2.75) is 44.6 Å². The van der Waals surface area contributed by atoms with Crippen LogP contribution in [0.15, 0.2) is 60.0 Å². The fourth-order valence-corrected chi connectivity index (χ4v) is 6.07. The molecular weight excluding hydrogens is 390 g/mol. The number of ether oxygens (including phenoxy) is 2. The largest absolute Gasteiger partial charge is 0.355 e. The molecule has 2 aromatic carbocycles. The highest BCUT2D eigenvalue weighted by molar-refractivity contribution is 7.14. The molecule has 1 aromatic heterocycles. The van der Waals surface area contributed by atoms with Crippen LogP contribution in [0.5, 0.6) is 0 Å². The van der Waals surface area contributed by atoms with Gasteiger partial charge in [-0.25, -0.2) is 0 Å². The Morgan fingerprint density at radius 2 is 1.80 bits per heavy atom. The molecule has 30 heavy (non-hydrogen) atoms. The van der Waals surface area contributed by atoms with Crippen molar-refractivity contribution in [1.29, 1.82) is 0 Å². The van der Waals surface area contributed by atoms with Gasteiger partial charge in [0.2, 0.25) is 0 Å². The standard InChI is InChI=1S/C26H29NO2S/c1-19-8-10-21(11-9-19)25-22-16-24(28-2)29-26(23(22)18-30-25)12-14-27(15-13-26)17-20-6-4-3-5-7-20/h3-11,18,24H,12-17H2,1-2H3. The Labute approximate surface area is 183 Å². The highest BCUT2D eigenvalue weighted by atomic mass is 32.1. The van der Waals surface area contributed by atoms with Crippen LogP contribution >= 0.6 is 11.3 Å². The molecule has 0 aliphatic carbocycles. The molecular formula is C26H29NO2S. The van der Waals surface area contributed by atoms with Gasteiger partial charge in [-0.15, -0.1) is 11.3 Å². The van der Waals surface area contributed by atoms with Gasteiger partial charge in [-0.2, -0.15) is 0 Å². The number of nitrogens with zero attached hydrogens (tertiary/aromatic N) is 1. The highest BCUT2D eigenvalue weighted by Crippen LogP contribution is 2.49. The van der Waals surface area contributed by atoms with Crippen LogP contribution < -0.4 is 0 Å². The molecule has 1 fully saturated rings. The van der Waals surface area contributed by atoms with E-state index in [1.54, 1.807) is 7.11 Å². The molecule has 1 saturated heterocycles. The number of thiophene rings is 1. The number of piperidine rings is 1. The predicted molar refractivity (Wildman–Crippen MR) is 123 cm³/mol. The zero-order valence-corrected chi connectivity index (χ0v) is 18.6. The van der Waals surface area contributed by atoms with Crippen molar-refractivity contribution in [3.05, 3.63) is 82.2 Å². The van der Waals surface area contributed by atoms with Crippen LogP contribution in [0.2, 0.25) is 0 Å². The Morgan fingerprint density at radius 3 is 2.50 bits per heavy atom. The van der Waals surface area contributed by atoms with Gasteiger partial charge in [0, 0.05) is 38.0 Å². The average molecular weight is 420 g/mol. The van der Waals surface area contributed by atoms with Gasteiger partial charge in [0.1, 0.15) is 0 Å². The van der Waals surface area contributed by atoms with Gasteiger partial charge in [-0.3, -0.25) is 4.90 Å². The molecule has 2 aliphatic rings. The highest BCUT2D eigenvalue weighted by Gasteiger charge is 2.45. The van der Waals surface area contributed by atoms with Crippen LogP contribution in [0.3, 0.4) is 0 Å². The van der Waals surface area contributed by atoms with Gasteiger partial charge in [-0.05, 0) is 47.4 Å². The number of hydrogen-bond donors (Lipinski definition) is 0. The van der Waals surface area contributed by atoms with Crippen molar-refractivity contribution in [3.63, 3.8) is 0 Å². The number of aryl methyl sites for hydroxylation is 1. The topological polar surface area (TPSA) is 21.7 Å². The number of fused-ring (bicyclic) bond motifs is 2. The van der Waals surface area contributed by atoms with E-state index in [0.29, 0.717) is 0 Å². The summed E-state index contributed by atoms with van der Waals surface area (Å²) in [7, 11) is 1.77. The fourth-order valence-electron chi connectivity index (χ4n) is 4.87. The first kappa shape index (κ1) is 20.0. The Balaban J connectivity index is 1.41. The summed E-state index contributed by atoms with van der Waals surface area (Å²) in [5.41, 5.74) is 6.59. The van der Waals surface area contributed by atoms with Crippen molar-refractivity contribution in [3.8, 4) is 10.4 Å². The van der Waals surface area contributed by atoms with E-state index in [1.165, 1.54) is 32.7 Å². The smallest absolute Gasteiger partial charge is 0.162 e. The van der Waals surface area contributed by atoms with Gasteiger partial charge in [0.25, 0.3) is 0 Å². The third-order valence-electron chi connectivity index (χ3n) is 6.60. The molecule has 3 heterocycles. The van der Waals surface area contributed by atoms with Crippen LogP contribution in [0, 0.1) is 6.92 Å². The lowest BCUT2D eigenvalue weighted by atomic mass is 9.80. The van der Waals surface area contributed by atoms with Gasteiger partial charge >= 0.3 is 0 Å². The first-order valence-electron chi connectivity index (χ1n) is 10.8. The van der Waals surface area contributed by atoms with Crippen molar-refractivity contribution in [2.24, 2.45) is 0 Å². The molecule has 5 rings (SSSR count). The van der Waals surface area contributed by atoms with Gasteiger partial charge in [-0.1, -0.05) is 60.2 Å². The lowest BCUT2D eigenvalue weighted by molar-refractivity contribution is -0.227. The maximum absolute atomic E-state index is 6.62. The molecule has 3 aromatic rings. The van der Waals surface area contributed by atoms with Crippen LogP contribution in [0.4, 0.5) is 0 Å². The molecule has 1 atom stereocenters. The van der Waals surface area contributed by atoms with Crippen molar-refractivity contribution in [2.75, 3.05) is 20.2 Å². The third kappa shape index (κ3) is 3.74. The lowest BCUT2D eigenvalue weighted by Crippen LogP contribution is -2.48. The fraction of sp³-hybridized carbons (Fsp3) is 0.385. The van der Waals surface area contributed by atoms with E-state index in [9.17, 15) is 0 Å². The third-order valence-corrected chi connectivity index (χ3v) is 7.67. The Morgan fingerprint density at radius 1 is 1.07 bits per heavy atom. The summed E-state index contributed by atoms with van der Waals surface area (Å²) in [5, 5.41) is 2.35. The van der Waals surface area contributed by atoms with E-state index in [0.717, 1.165) is 38.9 Å². The maximum atomic E-state index is 6.62. The molecule has 0 bridgehead atoms. The number of benzene rings is 2. The van der Waals surface area contributed by atoms with Gasteiger partial charge in [0.05, 0.1) is 5.60 Å². The van der Waals surface area contributed by atoms with E-state index in [1.807, 2.05) is 11.3 Å². The van der Waals surface area contributed by atoms with E-state index < -0.39 is 0 Å². The van der Waals surface area contributed by atoms with Crippen molar-refractivity contribution in [1.82, 2.24) is 4.90 Å². The summed E-state index contributed by atoms with van der Waals surface area (Å²) in [5.74, 6) is 0. The van der Waals surface area contributed by atoms with E-state index in [-0.39, 0.29) is 11.9 Å². The molecule has 0 amide bonds. The summed E-state index contributed by atoms with van der Waals surface area (Å²) in [6.45, 7) is 5.23. The SMILES string of the molecule is COC1Cc2c(csc2-c2ccc(C)cc2)C2(CCN(Cc3ccccc3)CC2)O1. The Hall–Kier alpha value is -1.98. The molecule has 3 nitrogen and oxygen atoms in total. The molecule has 0 saturated carbocycles. The maximum Gasteiger partial charge on any atom is 0.162 e. The van der Waals surface area contributed by atoms with E-state index >= 15 is 0 Å². The monoisotopic (exact) mass is 419 g/mol. The summed E-state index contributed by atoms with van der Waals surface area (Å²) < 4.78 is 12.4. The number of likely N-dealkylation sites (tertiary alicyclic amines) is 1. The number of methoxy groups -OCH3 is 1. The van der Waals surface area contributed by atoms with Gasteiger partial charge in [0.15, 0.2) is 6.29 Å². The normalized spacial score (nSPS) is 20.9. The molecule has 0 N–H and O–H groups in total. The molecule has 156 valence electrons. The predicted octanol–water partition coefficient (Wildman–Crippen LogP) is 5.76. The average Bonchev–Trinajstić information content (AvgIpc) is 3.21. The molecule has 2 aliphatic heterocycles. The van der Waals surface area contributed by atoms with Gasteiger partial charge < -0.3 is 9.47 Å². The first-order valence-corrected chi connectivity index (χ1v) is 11.7.